The lowest BCUT2D eigenvalue weighted by Gasteiger charge is -1.99. The Labute approximate surface area is 75.3 Å². The van der Waals surface area contributed by atoms with Crippen LogP contribution in [0.15, 0.2) is 12.4 Å². The highest BCUT2D eigenvalue weighted by atomic mass is 35.5. The Morgan fingerprint density at radius 1 is 1.75 bits per heavy atom. The van der Waals surface area contributed by atoms with E-state index in [0.29, 0.717) is 18.8 Å². The van der Waals surface area contributed by atoms with Crippen LogP contribution in [0.3, 0.4) is 0 Å². The summed E-state index contributed by atoms with van der Waals surface area (Å²) in [4.78, 5) is 17.7. The minimum Gasteiger partial charge on any atom is -0.349 e. The van der Waals surface area contributed by atoms with Crippen molar-refractivity contribution in [1.82, 2.24) is 15.3 Å². The standard InChI is InChI=1S/C7H10ClN3O/c8-2-1-7(12)11-5-6-9-3-4-10-6/h3-4H,1-2,5H2,(H,9,10)(H,11,12). The van der Waals surface area contributed by atoms with E-state index in [1.165, 1.54) is 0 Å². The number of carbonyl (C=O) groups is 1. The monoisotopic (exact) mass is 187 g/mol. The van der Waals surface area contributed by atoms with Crippen molar-refractivity contribution in [3.05, 3.63) is 18.2 Å². The van der Waals surface area contributed by atoms with Crippen molar-refractivity contribution >= 4 is 17.5 Å². The Kier molecular flexibility index (Phi) is 3.60. The highest BCUT2D eigenvalue weighted by Gasteiger charge is 1.99. The number of rotatable bonds is 4. The molecule has 1 heterocycles. The smallest absolute Gasteiger partial charge is 0.221 e. The molecule has 4 nitrogen and oxygen atoms in total. The lowest BCUT2D eigenvalue weighted by atomic mass is 10.4. The van der Waals surface area contributed by atoms with E-state index in [1.807, 2.05) is 0 Å². The van der Waals surface area contributed by atoms with Gasteiger partial charge in [-0.05, 0) is 0 Å². The van der Waals surface area contributed by atoms with E-state index in [0.717, 1.165) is 5.82 Å². The number of alkyl halides is 1. The molecule has 0 aliphatic carbocycles. The Morgan fingerprint density at radius 3 is 3.17 bits per heavy atom. The number of halogens is 1. The molecule has 12 heavy (non-hydrogen) atoms. The zero-order valence-electron chi connectivity index (χ0n) is 6.51. The van der Waals surface area contributed by atoms with E-state index in [9.17, 15) is 4.79 Å². The van der Waals surface area contributed by atoms with Gasteiger partial charge in [-0.1, -0.05) is 0 Å². The molecule has 1 rings (SSSR count). The topological polar surface area (TPSA) is 57.8 Å². The van der Waals surface area contributed by atoms with Crippen LogP contribution in [-0.2, 0) is 11.3 Å². The van der Waals surface area contributed by atoms with Crippen LogP contribution < -0.4 is 5.32 Å². The first-order valence-electron chi connectivity index (χ1n) is 3.64. The van der Waals surface area contributed by atoms with Gasteiger partial charge in [-0.25, -0.2) is 4.98 Å². The number of H-pyrrole nitrogens is 1. The van der Waals surface area contributed by atoms with E-state index >= 15 is 0 Å². The number of nitrogens with zero attached hydrogens (tertiary/aromatic N) is 1. The maximum Gasteiger partial charge on any atom is 0.221 e. The molecule has 0 saturated heterocycles. The first kappa shape index (κ1) is 9.06. The number of amides is 1. The van der Waals surface area contributed by atoms with Gasteiger partial charge in [0.25, 0.3) is 0 Å². The minimum absolute atomic E-state index is 0.0543. The zero-order valence-corrected chi connectivity index (χ0v) is 7.27. The largest absolute Gasteiger partial charge is 0.349 e. The number of carbonyl (C=O) groups excluding carboxylic acids is 1. The number of imidazole rings is 1. The highest BCUT2D eigenvalue weighted by Crippen LogP contribution is 1.89. The van der Waals surface area contributed by atoms with Gasteiger partial charge >= 0.3 is 0 Å². The van der Waals surface area contributed by atoms with Crippen LogP contribution in [0.2, 0.25) is 0 Å². The Balaban J connectivity index is 2.22. The van der Waals surface area contributed by atoms with Crippen molar-refractivity contribution < 1.29 is 4.79 Å². The second kappa shape index (κ2) is 4.77. The molecule has 0 radical (unpaired) electrons. The lowest BCUT2D eigenvalue weighted by Crippen LogP contribution is -2.23. The fraction of sp³-hybridized carbons (Fsp3) is 0.429. The summed E-state index contributed by atoms with van der Waals surface area (Å²) in [6.45, 7) is 0.433. The molecule has 0 fully saturated rings. The molecule has 66 valence electrons. The number of aromatic amines is 1. The maximum absolute atomic E-state index is 10.9. The number of hydrogen-bond acceptors (Lipinski definition) is 2. The van der Waals surface area contributed by atoms with E-state index < -0.39 is 0 Å². The molecule has 0 bridgehead atoms. The average molecular weight is 188 g/mol. The van der Waals surface area contributed by atoms with Gasteiger partial charge in [0.1, 0.15) is 5.82 Å². The summed E-state index contributed by atoms with van der Waals surface area (Å²) in [7, 11) is 0. The van der Waals surface area contributed by atoms with E-state index in [4.69, 9.17) is 11.6 Å². The normalized spacial score (nSPS) is 9.75. The van der Waals surface area contributed by atoms with Crippen molar-refractivity contribution in [2.75, 3.05) is 5.88 Å². The molecule has 0 aliphatic heterocycles. The maximum atomic E-state index is 10.9. The van der Waals surface area contributed by atoms with E-state index in [1.54, 1.807) is 12.4 Å². The summed E-state index contributed by atoms with van der Waals surface area (Å²) < 4.78 is 0. The van der Waals surface area contributed by atoms with Gasteiger partial charge in [0.15, 0.2) is 0 Å². The molecule has 5 heteroatoms. The van der Waals surface area contributed by atoms with Gasteiger partial charge in [0, 0.05) is 24.7 Å². The molecule has 0 unspecified atom stereocenters. The predicted molar refractivity (Wildman–Crippen MR) is 45.8 cm³/mol. The Bertz CT molecular complexity index is 235. The Morgan fingerprint density at radius 2 is 2.58 bits per heavy atom. The van der Waals surface area contributed by atoms with Gasteiger partial charge in [-0.2, -0.15) is 0 Å². The summed E-state index contributed by atoms with van der Waals surface area (Å²) in [5.41, 5.74) is 0. The fourth-order valence-electron chi connectivity index (χ4n) is 0.751. The van der Waals surface area contributed by atoms with Crippen LogP contribution >= 0.6 is 11.6 Å². The summed E-state index contributed by atoms with van der Waals surface area (Å²) in [5.74, 6) is 1.04. The first-order valence-corrected chi connectivity index (χ1v) is 4.17. The van der Waals surface area contributed by atoms with Crippen LogP contribution in [0.5, 0.6) is 0 Å². The fourth-order valence-corrected chi connectivity index (χ4v) is 0.923. The SMILES string of the molecule is O=C(CCCl)NCc1ncc[nH]1. The Hall–Kier alpha value is -1.03. The molecular weight excluding hydrogens is 178 g/mol. The first-order chi connectivity index (χ1) is 5.83. The van der Waals surface area contributed by atoms with Crippen LogP contribution in [0, 0.1) is 0 Å². The van der Waals surface area contributed by atoms with Crippen molar-refractivity contribution in [3.8, 4) is 0 Å². The van der Waals surface area contributed by atoms with Gasteiger partial charge in [-0.15, -0.1) is 11.6 Å². The van der Waals surface area contributed by atoms with Gasteiger partial charge in [0.05, 0.1) is 6.54 Å². The van der Waals surface area contributed by atoms with Crippen LogP contribution in [0.25, 0.3) is 0 Å². The predicted octanol–water partition coefficient (Wildman–Crippen LogP) is 0.655. The quantitative estimate of drug-likeness (QED) is 0.681. The minimum atomic E-state index is -0.0543. The summed E-state index contributed by atoms with van der Waals surface area (Å²) in [6, 6.07) is 0. The summed E-state index contributed by atoms with van der Waals surface area (Å²) >= 11 is 5.37. The van der Waals surface area contributed by atoms with Crippen LogP contribution in [0.4, 0.5) is 0 Å². The molecule has 0 spiro atoms. The molecule has 1 aromatic heterocycles. The van der Waals surface area contributed by atoms with E-state index in [2.05, 4.69) is 15.3 Å². The molecule has 0 aromatic carbocycles. The molecular formula is C7H10ClN3O. The molecule has 1 amide bonds. The molecule has 0 aliphatic rings. The number of aromatic nitrogens is 2. The third-order valence-electron chi connectivity index (χ3n) is 1.33. The number of nitrogens with one attached hydrogen (secondary N) is 2. The van der Waals surface area contributed by atoms with Gasteiger partial charge in [-0.3, -0.25) is 4.79 Å². The number of hydrogen-bond donors (Lipinski definition) is 2. The molecule has 0 saturated carbocycles. The van der Waals surface area contributed by atoms with Crippen molar-refractivity contribution in [2.24, 2.45) is 0 Å². The lowest BCUT2D eigenvalue weighted by molar-refractivity contribution is -0.120. The zero-order chi connectivity index (χ0) is 8.81. The van der Waals surface area contributed by atoms with Crippen molar-refractivity contribution in [2.45, 2.75) is 13.0 Å². The highest BCUT2D eigenvalue weighted by molar-refractivity contribution is 6.18. The van der Waals surface area contributed by atoms with Crippen molar-refractivity contribution in [3.63, 3.8) is 0 Å². The van der Waals surface area contributed by atoms with Crippen LogP contribution in [-0.4, -0.2) is 21.8 Å². The second-order valence-electron chi connectivity index (χ2n) is 2.25. The molecule has 0 atom stereocenters. The third kappa shape index (κ3) is 2.92. The van der Waals surface area contributed by atoms with Gasteiger partial charge in [0.2, 0.25) is 5.91 Å². The van der Waals surface area contributed by atoms with Crippen LogP contribution in [0.1, 0.15) is 12.2 Å². The average Bonchev–Trinajstić information content (AvgIpc) is 2.53. The second-order valence-corrected chi connectivity index (χ2v) is 2.63. The van der Waals surface area contributed by atoms with Crippen molar-refractivity contribution in [1.29, 1.82) is 0 Å². The van der Waals surface area contributed by atoms with Gasteiger partial charge < -0.3 is 10.3 Å². The van der Waals surface area contributed by atoms with E-state index in [-0.39, 0.29) is 5.91 Å². The molecule has 2 N–H and O–H groups in total. The third-order valence-corrected chi connectivity index (χ3v) is 1.52. The summed E-state index contributed by atoms with van der Waals surface area (Å²) in [6.07, 6.45) is 3.70. The molecule has 1 aromatic rings. The summed E-state index contributed by atoms with van der Waals surface area (Å²) in [5, 5.41) is 2.67.